The number of hydrogen-bond acceptors (Lipinski definition) is 5. The van der Waals surface area contributed by atoms with Crippen LogP contribution >= 0.6 is 11.6 Å². The largest absolute Gasteiger partial charge is 0.479 e. The predicted octanol–water partition coefficient (Wildman–Crippen LogP) is 6.37. The smallest absolute Gasteiger partial charge is 0.416 e. The van der Waals surface area contributed by atoms with E-state index in [0.717, 1.165) is 33.7 Å². The van der Waals surface area contributed by atoms with Crippen molar-refractivity contribution in [2.24, 2.45) is 0 Å². The molecule has 0 aliphatic rings. The van der Waals surface area contributed by atoms with Crippen molar-refractivity contribution >= 4 is 45.7 Å². The van der Waals surface area contributed by atoms with E-state index in [0.29, 0.717) is 5.39 Å². The molecule has 0 spiro atoms. The second-order valence-corrected chi connectivity index (χ2v) is 10.9. The molecular formula is C32H25ClF7N3O5. The van der Waals surface area contributed by atoms with Crippen molar-refractivity contribution in [1.82, 2.24) is 9.88 Å². The first-order chi connectivity index (χ1) is 22.5. The van der Waals surface area contributed by atoms with Crippen molar-refractivity contribution < 1.29 is 49.9 Å². The van der Waals surface area contributed by atoms with E-state index < -0.39 is 89.0 Å². The monoisotopic (exact) mass is 699 g/mol. The Bertz CT molecular complexity index is 1910. The summed E-state index contributed by atoms with van der Waals surface area (Å²) in [6, 6.07) is 6.38. The van der Waals surface area contributed by atoms with E-state index in [1.807, 2.05) is 0 Å². The van der Waals surface area contributed by atoms with E-state index in [4.69, 9.17) is 16.3 Å². The van der Waals surface area contributed by atoms with Crippen LogP contribution in [0.4, 0.5) is 36.4 Å². The predicted molar refractivity (Wildman–Crippen MR) is 161 cm³/mol. The molecule has 254 valence electrons. The molecule has 16 heteroatoms. The fraction of sp³-hybridized carbons (Fsp3) is 0.250. The van der Waals surface area contributed by atoms with Crippen LogP contribution in [0.3, 0.4) is 0 Å². The highest BCUT2D eigenvalue weighted by molar-refractivity contribution is 6.31. The molecule has 1 unspecified atom stereocenters. The molecule has 0 bridgehead atoms. The van der Waals surface area contributed by atoms with Gasteiger partial charge in [0.15, 0.2) is 23.2 Å². The first kappa shape index (κ1) is 35.9. The Morgan fingerprint density at radius 1 is 0.958 bits per heavy atom. The molecule has 1 aromatic heterocycles. The minimum Gasteiger partial charge on any atom is -0.479 e. The van der Waals surface area contributed by atoms with Crippen molar-refractivity contribution in [3.63, 3.8) is 0 Å². The van der Waals surface area contributed by atoms with Crippen LogP contribution in [0.25, 0.3) is 10.8 Å². The van der Waals surface area contributed by atoms with Gasteiger partial charge in [0.1, 0.15) is 12.6 Å². The molecule has 0 saturated carbocycles. The highest BCUT2D eigenvalue weighted by Crippen LogP contribution is 2.31. The number of pyridine rings is 1. The summed E-state index contributed by atoms with van der Waals surface area (Å²) in [6.07, 6.45) is -4.18. The van der Waals surface area contributed by atoms with Crippen LogP contribution in [-0.2, 0) is 20.6 Å². The average Bonchev–Trinajstić information content (AvgIpc) is 3.04. The van der Waals surface area contributed by atoms with Gasteiger partial charge in [0, 0.05) is 35.4 Å². The van der Waals surface area contributed by atoms with Gasteiger partial charge in [-0.2, -0.15) is 22.0 Å². The van der Waals surface area contributed by atoms with Gasteiger partial charge in [-0.1, -0.05) is 24.6 Å². The third-order valence-electron chi connectivity index (χ3n) is 7.39. The molecule has 8 nitrogen and oxygen atoms in total. The molecule has 0 aliphatic heterocycles. The van der Waals surface area contributed by atoms with Crippen LogP contribution in [0.1, 0.15) is 31.4 Å². The lowest BCUT2D eigenvalue weighted by Crippen LogP contribution is -2.49. The normalized spacial score (nSPS) is 12.8. The molecule has 4 aromatic rings. The van der Waals surface area contributed by atoms with Gasteiger partial charge in [-0.3, -0.25) is 19.2 Å². The zero-order valence-corrected chi connectivity index (χ0v) is 25.8. The van der Waals surface area contributed by atoms with E-state index >= 15 is 0 Å². The minimum atomic E-state index is -4.65. The number of halogens is 8. The van der Waals surface area contributed by atoms with E-state index in [-0.39, 0.29) is 28.6 Å². The Hall–Kier alpha value is -4.92. The van der Waals surface area contributed by atoms with Gasteiger partial charge in [0.25, 0.3) is 5.56 Å². The number of Topliss-reactive ketones (excluding diaryl/α,β-unsaturated/α-hetero) is 1. The summed E-state index contributed by atoms with van der Waals surface area (Å²) < 4.78 is 101. The summed E-state index contributed by atoms with van der Waals surface area (Å²) in [6.45, 7) is 0.260. The number of fused-ring (bicyclic) bond motifs is 1. The van der Waals surface area contributed by atoms with Gasteiger partial charge in [0.2, 0.25) is 23.4 Å². The average molecular weight is 700 g/mol. The first-order valence-electron chi connectivity index (χ1n) is 14.1. The van der Waals surface area contributed by atoms with Crippen LogP contribution < -0.4 is 20.5 Å². The van der Waals surface area contributed by atoms with Crippen molar-refractivity contribution in [2.45, 2.75) is 38.0 Å². The van der Waals surface area contributed by atoms with E-state index in [2.05, 4.69) is 5.32 Å². The number of benzene rings is 3. The maximum Gasteiger partial charge on any atom is 0.416 e. The molecule has 1 N–H and O–H groups in total. The highest BCUT2D eigenvalue weighted by atomic mass is 35.5. The molecule has 1 heterocycles. The summed E-state index contributed by atoms with van der Waals surface area (Å²) >= 11 is 6.03. The number of nitrogens with zero attached hydrogens (tertiary/aromatic N) is 2. The number of carbonyl (C=O) groups is 3. The number of amides is 2. The maximum atomic E-state index is 14.2. The van der Waals surface area contributed by atoms with Crippen LogP contribution in [0.5, 0.6) is 5.75 Å². The standard InChI is InChI=1S/C32H25ClF7N3O5/c1-3-24(43-11-10-16-4-7-18(33)12-20(16)31(43)47)30(46)41-23(25(44)15-48-29-27(36)21(34)13-22(35)28(29)37)14-26(45)42(2)19-8-5-17(6-9-19)32(38,39)40/h4-13,23-24H,3,14-15H2,1-2H3,(H,41,46)/t23?,24-/m0/s1. The summed E-state index contributed by atoms with van der Waals surface area (Å²) in [5.41, 5.74) is -1.62. The molecule has 4 rings (SSSR count). The summed E-state index contributed by atoms with van der Waals surface area (Å²) in [5.74, 6) is -12.1. The Balaban J connectivity index is 1.63. The third kappa shape index (κ3) is 7.78. The van der Waals surface area contributed by atoms with Crippen LogP contribution in [-0.4, -0.2) is 41.9 Å². The SMILES string of the molecule is CC[C@@H](C(=O)NC(CC(=O)N(C)c1ccc(C(F)(F)F)cc1)C(=O)COc1c(F)c(F)cc(F)c1F)n1ccc2ccc(Cl)cc2c1=O. The quantitative estimate of drug-likeness (QED) is 0.145. The van der Waals surface area contributed by atoms with Crippen molar-refractivity contribution in [3.05, 3.63) is 105 Å². The molecule has 0 saturated heterocycles. The third-order valence-corrected chi connectivity index (χ3v) is 7.63. The van der Waals surface area contributed by atoms with Gasteiger partial charge >= 0.3 is 6.18 Å². The van der Waals surface area contributed by atoms with Gasteiger partial charge < -0.3 is 19.5 Å². The van der Waals surface area contributed by atoms with Crippen LogP contribution in [0, 0.1) is 23.3 Å². The topological polar surface area (TPSA) is 97.7 Å². The first-order valence-corrected chi connectivity index (χ1v) is 14.4. The zero-order valence-electron chi connectivity index (χ0n) is 25.0. The summed E-state index contributed by atoms with van der Waals surface area (Å²) in [5, 5.41) is 3.27. The minimum absolute atomic E-state index is 0.00633. The molecular weight excluding hydrogens is 675 g/mol. The van der Waals surface area contributed by atoms with Gasteiger partial charge in [-0.15, -0.1) is 0 Å². The number of hydrogen-bond donors (Lipinski definition) is 1. The summed E-state index contributed by atoms with van der Waals surface area (Å²) in [7, 11) is 1.18. The van der Waals surface area contributed by atoms with Crippen LogP contribution in [0.2, 0.25) is 5.02 Å². The molecule has 48 heavy (non-hydrogen) atoms. The maximum absolute atomic E-state index is 14.2. The number of carbonyl (C=O) groups excluding carboxylic acids is 3. The fourth-order valence-corrected chi connectivity index (χ4v) is 4.92. The second-order valence-electron chi connectivity index (χ2n) is 10.5. The second kappa shape index (κ2) is 14.5. The molecule has 3 aromatic carbocycles. The van der Waals surface area contributed by atoms with Crippen molar-refractivity contribution in [2.75, 3.05) is 18.6 Å². The lowest BCUT2D eigenvalue weighted by atomic mass is 10.1. The van der Waals surface area contributed by atoms with Gasteiger partial charge in [0.05, 0.1) is 18.0 Å². The molecule has 0 fully saturated rings. The van der Waals surface area contributed by atoms with Crippen molar-refractivity contribution in [3.8, 4) is 5.75 Å². The van der Waals surface area contributed by atoms with E-state index in [1.165, 1.54) is 19.3 Å². The van der Waals surface area contributed by atoms with Crippen LogP contribution in [0.15, 0.2) is 65.6 Å². The lowest BCUT2D eigenvalue weighted by molar-refractivity contribution is -0.137. The molecule has 0 radical (unpaired) electrons. The number of aromatic nitrogens is 1. The number of ketones is 1. The number of alkyl halides is 3. The van der Waals surface area contributed by atoms with Gasteiger partial charge in [-0.25, -0.2) is 8.78 Å². The molecule has 0 aliphatic carbocycles. The van der Waals surface area contributed by atoms with Gasteiger partial charge in [-0.05, 0) is 54.3 Å². The lowest BCUT2D eigenvalue weighted by Gasteiger charge is -2.25. The Morgan fingerprint density at radius 3 is 2.17 bits per heavy atom. The number of ether oxygens (including phenoxy) is 1. The number of nitrogens with one attached hydrogen (secondary N) is 1. The van der Waals surface area contributed by atoms with E-state index in [9.17, 15) is 49.9 Å². The highest BCUT2D eigenvalue weighted by Gasteiger charge is 2.32. The molecule has 2 atom stereocenters. The Morgan fingerprint density at radius 2 is 1.58 bits per heavy atom. The fourth-order valence-electron chi connectivity index (χ4n) is 4.74. The summed E-state index contributed by atoms with van der Waals surface area (Å²) in [4.78, 5) is 54.2. The Labute approximate surface area is 272 Å². The number of anilines is 1. The van der Waals surface area contributed by atoms with Crippen molar-refractivity contribution in [1.29, 1.82) is 0 Å². The van der Waals surface area contributed by atoms with E-state index in [1.54, 1.807) is 25.1 Å². The number of rotatable bonds is 11. The Kier molecular flexibility index (Phi) is 10.8. The zero-order chi connectivity index (χ0) is 35.5. The molecule has 2 amide bonds.